The van der Waals surface area contributed by atoms with Crippen LogP contribution in [-0.2, 0) is 26.2 Å². The van der Waals surface area contributed by atoms with Crippen molar-refractivity contribution in [3.05, 3.63) is 57.0 Å². The zero-order chi connectivity index (χ0) is 26.3. The molecule has 0 aliphatic carbocycles. The first-order valence-electron chi connectivity index (χ1n) is 10.7. The molecule has 0 bridgehead atoms. The number of halogens is 3. The fourth-order valence-electron chi connectivity index (χ4n) is 3.47. The zero-order valence-electron chi connectivity index (χ0n) is 19.8. The van der Waals surface area contributed by atoms with Crippen molar-refractivity contribution in [3.8, 4) is 5.75 Å². The van der Waals surface area contributed by atoms with Gasteiger partial charge in [0.05, 0.1) is 34.1 Å². The second kappa shape index (κ2) is 12.7. The van der Waals surface area contributed by atoms with Gasteiger partial charge in [0.1, 0.15) is 18.3 Å². The Bertz CT molecular complexity index is 1180. The van der Waals surface area contributed by atoms with Crippen molar-refractivity contribution in [1.82, 2.24) is 10.2 Å². The molecular weight excluding hydrogens is 537 g/mol. The molecule has 2 amide bonds. The van der Waals surface area contributed by atoms with Gasteiger partial charge in [-0.15, -0.1) is 0 Å². The van der Waals surface area contributed by atoms with Gasteiger partial charge in [-0.05, 0) is 49.2 Å². The largest absolute Gasteiger partial charge is 0.495 e. The van der Waals surface area contributed by atoms with Crippen LogP contribution in [0.2, 0.25) is 15.1 Å². The molecule has 0 saturated carbocycles. The Balaban J connectivity index is 2.47. The first-order chi connectivity index (χ1) is 16.4. The summed E-state index contributed by atoms with van der Waals surface area (Å²) in [6, 6.07) is 8.46. The van der Waals surface area contributed by atoms with Crippen LogP contribution in [0.25, 0.3) is 0 Å². The minimum Gasteiger partial charge on any atom is -0.495 e. The van der Waals surface area contributed by atoms with Gasteiger partial charge >= 0.3 is 0 Å². The van der Waals surface area contributed by atoms with Crippen LogP contribution in [0.15, 0.2) is 36.4 Å². The molecule has 8 nitrogen and oxygen atoms in total. The number of amides is 2. The van der Waals surface area contributed by atoms with E-state index < -0.39 is 28.5 Å². The molecule has 1 unspecified atom stereocenters. The van der Waals surface area contributed by atoms with E-state index in [2.05, 4.69) is 5.32 Å². The number of carbonyl (C=O) groups is 2. The number of nitrogens with one attached hydrogen (secondary N) is 1. The number of carbonyl (C=O) groups excluding carboxylic acids is 2. The van der Waals surface area contributed by atoms with Gasteiger partial charge in [-0.2, -0.15) is 0 Å². The number of hydrogen-bond acceptors (Lipinski definition) is 5. The van der Waals surface area contributed by atoms with Gasteiger partial charge in [-0.1, -0.05) is 47.8 Å². The van der Waals surface area contributed by atoms with Crippen molar-refractivity contribution < 1.29 is 22.7 Å². The van der Waals surface area contributed by atoms with E-state index >= 15 is 0 Å². The molecular formula is C23H28Cl3N3O5S. The van der Waals surface area contributed by atoms with Crippen LogP contribution in [0.1, 0.15) is 25.8 Å². The average Bonchev–Trinajstić information content (AvgIpc) is 2.78. The predicted molar refractivity (Wildman–Crippen MR) is 140 cm³/mol. The SMILES string of the molecule is CCNC(=O)C(CC)N(Cc1ccc(Cl)c(Cl)c1)C(=O)CN(c1ccc(OC)c(Cl)c1)S(C)(=O)=O. The Morgan fingerprint density at radius 1 is 1.03 bits per heavy atom. The summed E-state index contributed by atoms with van der Waals surface area (Å²) in [6.07, 6.45) is 1.30. The van der Waals surface area contributed by atoms with E-state index in [1.54, 1.807) is 32.0 Å². The monoisotopic (exact) mass is 563 g/mol. The number of nitrogens with zero attached hydrogens (tertiary/aromatic N) is 2. The predicted octanol–water partition coefficient (Wildman–Crippen LogP) is 4.36. The maximum absolute atomic E-state index is 13.6. The summed E-state index contributed by atoms with van der Waals surface area (Å²) in [4.78, 5) is 27.7. The number of ether oxygens (including phenoxy) is 1. The molecule has 2 aromatic rings. The van der Waals surface area contributed by atoms with Crippen LogP contribution in [0, 0.1) is 0 Å². The normalized spacial score (nSPS) is 12.1. The quantitative estimate of drug-likeness (QED) is 0.437. The Hall–Kier alpha value is -2.20. The molecule has 0 heterocycles. The lowest BCUT2D eigenvalue weighted by atomic mass is 10.1. The highest BCUT2D eigenvalue weighted by Crippen LogP contribution is 2.30. The first-order valence-corrected chi connectivity index (χ1v) is 13.7. The van der Waals surface area contributed by atoms with Gasteiger partial charge in [0.25, 0.3) is 0 Å². The molecule has 1 N–H and O–H groups in total. The highest BCUT2D eigenvalue weighted by atomic mass is 35.5. The van der Waals surface area contributed by atoms with Crippen LogP contribution in [0.5, 0.6) is 5.75 Å². The zero-order valence-corrected chi connectivity index (χ0v) is 22.9. The molecule has 1 atom stereocenters. The van der Waals surface area contributed by atoms with E-state index in [1.807, 2.05) is 0 Å². The van der Waals surface area contributed by atoms with Crippen LogP contribution in [-0.4, -0.2) is 57.6 Å². The maximum atomic E-state index is 13.6. The Kier molecular flexibility index (Phi) is 10.5. The molecule has 0 aromatic heterocycles. The van der Waals surface area contributed by atoms with Gasteiger partial charge in [0, 0.05) is 13.1 Å². The number of benzene rings is 2. The molecule has 35 heavy (non-hydrogen) atoms. The lowest BCUT2D eigenvalue weighted by Gasteiger charge is -2.33. The van der Waals surface area contributed by atoms with Gasteiger partial charge in [-0.3, -0.25) is 13.9 Å². The fourth-order valence-corrected chi connectivity index (χ4v) is 4.88. The van der Waals surface area contributed by atoms with Crippen LogP contribution in [0.3, 0.4) is 0 Å². The first kappa shape index (κ1) is 29.0. The smallest absolute Gasteiger partial charge is 0.244 e. The van der Waals surface area contributed by atoms with Gasteiger partial charge < -0.3 is 15.0 Å². The molecule has 0 fully saturated rings. The molecule has 0 spiro atoms. The minimum atomic E-state index is -3.88. The fraction of sp³-hybridized carbons (Fsp3) is 0.391. The molecule has 2 rings (SSSR count). The van der Waals surface area contributed by atoms with E-state index in [4.69, 9.17) is 39.5 Å². The number of methoxy groups -OCH3 is 1. The second-order valence-electron chi connectivity index (χ2n) is 7.68. The molecule has 12 heteroatoms. The number of sulfonamides is 1. The van der Waals surface area contributed by atoms with Crippen LogP contribution >= 0.6 is 34.8 Å². The van der Waals surface area contributed by atoms with Crippen molar-refractivity contribution in [2.45, 2.75) is 32.9 Å². The van der Waals surface area contributed by atoms with Crippen molar-refractivity contribution in [2.75, 3.05) is 30.8 Å². The Morgan fingerprint density at radius 2 is 1.71 bits per heavy atom. The number of anilines is 1. The summed E-state index contributed by atoms with van der Waals surface area (Å²) in [5.74, 6) is -0.563. The van der Waals surface area contributed by atoms with E-state index in [0.717, 1.165) is 10.6 Å². The summed E-state index contributed by atoms with van der Waals surface area (Å²) in [5.41, 5.74) is 0.820. The molecule has 0 radical (unpaired) electrons. The summed E-state index contributed by atoms with van der Waals surface area (Å²) < 4.78 is 31.3. The van der Waals surface area contributed by atoms with E-state index in [-0.39, 0.29) is 23.2 Å². The number of likely N-dealkylation sites (N-methyl/N-ethyl adjacent to an activating group) is 1. The Morgan fingerprint density at radius 3 is 2.23 bits per heavy atom. The van der Waals surface area contributed by atoms with Gasteiger partial charge in [-0.25, -0.2) is 8.42 Å². The van der Waals surface area contributed by atoms with Crippen LogP contribution in [0.4, 0.5) is 5.69 Å². The highest BCUT2D eigenvalue weighted by Gasteiger charge is 2.31. The number of hydrogen-bond donors (Lipinski definition) is 1. The lowest BCUT2D eigenvalue weighted by molar-refractivity contribution is -0.140. The van der Waals surface area contributed by atoms with Gasteiger partial charge in [0.2, 0.25) is 21.8 Å². The standard InChI is InChI=1S/C23H28Cl3N3O5S/c1-5-20(23(31)27-6-2)28(13-15-7-9-17(24)18(25)11-15)22(30)14-29(35(4,32)33)16-8-10-21(34-3)19(26)12-16/h7-12,20H,5-6,13-14H2,1-4H3,(H,27,31). The summed E-state index contributed by atoms with van der Waals surface area (Å²) in [5, 5.41) is 3.57. The van der Waals surface area contributed by atoms with Crippen molar-refractivity contribution in [1.29, 1.82) is 0 Å². The summed E-state index contributed by atoms with van der Waals surface area (Å²) in [7, 11) is -2.45. The highest BCUT2D eigenvalue weighted by molar-refractivity contribution is 7.92. The second-order valence-corrected chi connectivity index (χ2v) is 10.8. The topological polar surface area (TPSA) is 96.0 Å². The molecule has 0 aliphatic rings. The van der Waals surface area contributed by atoms with Crippen LogP contribution < -0.4 is 14.4 Å². The molecule has 0 aliphatic heterocycles. The maximum Gasteiger partial charge on any atom is 0.244 e. The molecule has 0 saturated heterocycles. The average molecular weight is 565 g/mol. The summed E-state index contributed by atoms with van der Waals surface area (Å²) >= 11 is 18.3. The lowest BCUT2D eigenvalue weighted by Crippen LogP contribution is -2.52. The van der Waals surface area contributed by atoms with Crippen molar-refractivity contribution in [2.24, 2.45) is 0 Å². The third-order valence-corrected chi connectivity index (χ3v) is 7.35. The summed E-state index contributed by atoms with van der Waals surface area (Å²) in [6.45, 7) is 3.40. The van der Waals surface area contributed by atoms with E-state index in [0.29, 0.717) is 34.3 Å². The molecule has 2 aromatic carbocycles. The van der Waals surface area contributed by atoms with Crippen molar-refractivity contribution in [3.63, 3.8) is 0 Å². The minimum absolute atomic E-state index is 0.0202. The Labute approximate surface area is 221 Å². The van der Waals surface area contributed by atoms with E-state index in [1.165, 1.54) is 30.2 Å². The third-order valence-electron chi connectivity index (χ3n) is 5.18. The molecule has 192 valence electrons. The third kappa shape index (κ3) is 7.64. The van der Waals surface area contributed by atoms with E-state index in [9.17, 15) is 18.0 Å². The van der Waals surface area contributed by atoms with Gasteiger partial charge in [0.15, 0.2) is 0 Å². The number of rotatable bonds is 11. The van der Waals surface area contributed by atoms with Crippen molar-refractivity contribution >= 4 is 62.3 Å².